The molecule has 1 aromatic rings. The summed E-state index contributed by atoms with van der Waals surface area (Å²) in [5.74, 6) is 0.000556. The quantitative estimate of drug-likeness (QED) is 0.803. The highest BCUT2D eigenvalue weighted by atomic mass is 16.5. The number of aromatic nitrogens is 1. The van der Waals surface area contributed by atoms with Gasteiger partial charge in [-0.25, -0.2) is 0 Å². The smallest absolute Gasteiger partial charge is 0.289 e. The van der Waals surface area contributed by atoms with Crippen molar-refractivity contribution < 1.29 is 9.32 Å². The van der Waals surface area contributed by atoms with E-state index >= 15 is 0 Å². The van der Waals surface area contributed by atoms with Crippen LogP contribution >= 0.6 is 0 Å². The summed E-state index contributed by atoms with van der Waals surface area (Å²) in [6.45, 7) is 6.22. The highest BCUT2D eigenvalue weighted by Gasteiger charge is 2.07. The summed E-state index contributed by atoms with van der Waals surface area (Å²) in [5, 5.41) is 5.97. The molecule has 0 radical (unpaired) electrons. The fraction of sp³-hybridized carbons (Fsp3) is 0.667. The maximum atomic E-state index is 10.8. The molecule has 4 heteroatoms. The molecule has 92 valence electrons. The number of carbonyl (C=O) groups excluding carboxylic acids is 1. The van der Waals surface area contributed by atoms with Gasteiger partial charge in [-0.05, 0) is 6.92 Å². The fourth-order valence-corrected chi connectivity index (χ4v) is 1.09. The SMILES string of the molecule is CCCCCC.CNC(=O)c1cc(C)no1. The van der Waals surface area contributed by atoms with Gasteiger partial charge in [0.15, 0.2) is 0 Å². The van der Waals surface area contributed by atoms with Gasteiger partial charge in [-0.3, -0.25) is 4.79 Å². The summed E-state index contributed by atoms with van der Waals surface area (Å²) in [7, 11) is 1.54. The molecular formula is C12H22N2O2. The molecule has 0 saturated heterocycles. The van der Waals surface area contributed by atoms with Crippen molar-refractivity contribution in [3.05, 3.63) is 17.5 Å². The molecule has 4 nitrogen and oxygen atoms in total. The van der Waals surface area contributed by atoms with Gasteiger partial charge in [0.2, 0.25) is 5.76 Å². The molecule has 0 aliphatic rings. The Morgan fingerprint density at radius 2 is 1.94 bits per heavy atom. The van der Waals surface area contributed by atoms with Crippen molar-refractivity contribution >= 4 is 5.91 Å². The van der Waals surface area contributed by atoms with Crippen LogP contribution in [-0.4, -0.2) is 18.1 Å². The van der Waals surface area contributed by atoms with Crippen LogP contribution in [0.2, 0.25) is 0 Å². The van der Waals surface area contributed by atoms with Gasteiger partial charge >= 0.3 is 0 Å². The van der Waals surface area contributed by atoms with E-state index in [0.29, 0.717) is 5.69 Å². The molecule has 0 fully saturated rings. The minimum atomic E-state index is -0.249. The maximum Gasteiger partial charge on any atom is 0.289 e. The second-order valence-electron chi connectivity index (χ2n) is 3.62. The molecule has 1 N–H and O–H groups in total. The molecule has 1 amide bonds. The van der Waals surface area contributed by atoms with Crippen molar-refractivity contribution in [3.63, 3.8) is 0 Å². The topological polar surface area (TPSA) is 55.1 Å². The third-order valence-corrected chi connectivity index (χ3v) is 2.04. The van der Waals surface area contributed by atoms with Crippen LogP contribution in [0.5, 0.6) is 0 Å². The van der Waals surface area contributed by atoms with Crippen LogP contribution in [0.25, 0.3) is 0 Å². The molecule has 0 aliphatic carbocycles. The van der Waals surface area contributed by atoms with E-state index in [-0.39, 0.29) is 11.7 Å². The number of hydrogen-bond donors (Lipinski definition) is 1. The van der Waals surface area contributed by atoms with E-state index in [9.17, 15) is 4.79 Å². The van der Waals surface area contributed by atoms with Gasteiger partial charge in [0.05, 0.1) is 5.69 Å². The van der Waals surface area contributed by atoms with E-state index in [2.05, 4.69) is 28.8 Å². The Morgan fingerprint density at radius 3 is 2.25 bits per heavy atom. The van der Waals surface area contributed by atoms with Gasteiger partial charge in [0.1, 0.15) is 0 Å². The lowest BCUT2D eigenvalue weighted by molar-refractivity contribution is 0.0926. The number of carbonyl (C=O) groups is 1. The van der Waals surface area contributed by atoms with Crippen LogP contribution in [0.15, 0.2) is 10.6 Å². The Labute approximate surface area is 97.4 Å². The van der Waals surface area contributed by atoms with Gasteiger partial charge < -0.3 is 9.84 Å². The second kappa shape index (κ2) is 8.95. The molecule has 0 atom stereocenters. The first-order valence-electron chi connectivity index (χ1n) is 5.81. The Balaban J connectivity index is 0.000000325. The van der Waals surface area contributed by atoms with Crippen molar-refractivity contribution in [2.24, 2.45) is 0 Å². The van der Waals surface area contributed by atoms with Crippen LogP contribution in [-0.2, 0) is 0 Å². The van der Waals surface area contributed by atoms with Crippen molar-refractivity contribution in [1.82, 2.24) is 10.5 Å². The third kappa shape index (κ3) is 6.22. The predicted molar refractivity (Wildman–Crippen MR) is 64.4 cm³/mol. The molecule has 0 aromatic carbocycles. The number of hydrogen-bond acceptors (Lipinski definition) is 3. The van der Waals surface area contributed by atoms with Crippen LogP contribution in [0.3, 0.4) is 0 Å². The Hall–Kier alpha value is -1.32. The number of amides is 1. The zero-order chi connectivity index (χ0) is 12.4. The van der Waals surface area contributed by atoms with Gasteiger partial charge in [-0.15, -0.1) is 0 Å². The molecule has 0 aliphatic heterocycles. The third-order valence-electron chi connectivity index (χ3n) is 2.04. The molecule has 0 saturated carbocycles. The minimum absolute atomic E-state index is 0.249. The lowest BCUT2D eigenvalue weighted by Gasteiger charge is -1.88. The first-order chi connectivity index (χ1) is 7.65. The highest BCUT2D eigenvalue weighted by Crippen LogP contribution is 2.00. The molecule has 1 aromatic heterocycles. The Kier molecular flexibility index (Phi) is 8.21. The number of nitrogens with one attached hydrogen (secondary N) is 1. The minimum Gasteiger partial charge on any atom is -0.352 e. The fourth-order valence-electron chi connectivity index (χ4n) is 1.09. The first-order valence-corrected chi connectivity index (χ1v) is 5.81. The van der Waals surface area contributed by atoms with Crippen molar-refractivity contribution in [1.29, 1.82) is 0 Å². The first kappa shape index (κ1) is 14.7. The Morgan fingerprint density at radius 1 is 1.38 bits per heavy atom. The zero-order valence-electron chi connectivity index (χ0n) is 10.7. The van der Waals surface area contributed by atoms with Crippen molar-refractivity contribution in [3.8, 4) is 0 Å². The predicted octanol–water partition coefficient (Wildman–Crippen LogP) is 2.93. The lowest BCUT2D eigenvalue weighted by Crippen LogP contribution is -2.16. The van der Waals surface area contributed by atoms with E-state index < -0.39 is 0 Å². The van der Waals surface area contributed by atoms with E-state index in [1.54, 1.807) is 20.0 Å². The molecule has 1 heterocycles. The number of rotatable bonds is 4. The van der Waals surface area contributed by atoms with E-state index in [0.717, 1.165) is 0 Å². The lowest BCUT2D eigenvalue weighted by atomic mass is 10.2. The summed E-state index contributed by atoms with van der Waals surface area (Å²) in [4.78, 5) is 10.8. The monoisotopic (exact) mass is 226 g/mol. The molecule has 0 unspecified atom stereocenters. The normalized spacial score (nSPS) is 9.25. The summed E-state index contributed by atoms with van der Waals surface area (Å²) < 4.78 is 4.65. The molecule has 0 spiro atoms. The number of unbranched alkanes of at least 4 members (excludes halogenated alkanes) is 3. The van der Waals surface area contributed by atoms with Crippen molar-refractivity contribution in [2.75, 3.05) is 7.05 Å². The average Bonchev–Trinajstić information content (AvgIpc) is 2.73. The molecule has 0 bridgehead atoms. The van der Waals surface area contributed by atoms with Crippen LogP contribution in [0.4, 0.5) is 0 Å². The molecule has 1 rings (SSSR count). The van der Waals surface area contributed by atoms with E-state index in [1.165, 1.54) is 25.7 Å². The summed E-state index contributed by atoms with van der Waals surface area (Å²) in [5.41, 5.74) is 0.707. The van der Waals surface area contributed by atoms with Crippen LogP contribution in [0, 0.1) is 6.92 Å². The van der Waals surface area contributed by atoms with Crippen molar-refractivity contribution in [2.45, 2.75) is 46.5 Å². The summed E-state index contributed by atoms with van der Waals surface area (Å²) in [6.07, 6.45) is 5.54. The van der Waals surface area contributed by atoms with Gasteiger partial charge in [-0.2, -0.15) is 0 Å². The van der Waals surface area contributed by atoms with E-state index in [4.69, 9.17) is 0 Å². The Bertz CT molecular complexity index is 291. The largest absolute Gasteiger partial charge is 0.352 e. The van der Waals surface area contributed by atoms with Gasteiger partial charge in [0, 0.05) is 13.1 Å². The molecular weight excluding hydrogens is 204 g/mol. The van der Waals surface area contributed by atoms with Gasteiger partial charge in [-0.1, -0.05) is 44.7 Å². The average molecular weight is 226 g/mol. The van der Waals surface area contributed by atoms with E-state index in [1.807, 2.05) is 0 Å². The standard InChI is InChI=1S/C6H8N2O2.C6H14/c1-4-3-5(10-8-4)6(9)7-2;1-3-5-6-4-2/h3H,1-2H3,(H,7,9);3-6H2,1-2H3. The zero-order valence-corrected chi connectivity index (χ0v) is 10.7. The van der Waals surface area contributed by atoms with Crippen LogP contribution in [0.1, 0.15) is 55.8 Å². The summed E-state index contributed by atoms with van der Waals surface area (Å²) in [6, 6.07) is 1.58. The number of aryl methyl sites for hydroxylation is 1. The highest BCUT2D eigenvalue weighted by molar-refractivity contribution is 5.91. The van der Waals surface area contributed by atoms with Gasteiger partial charge in [0.25, 0.3) is 5.91 Å². The summed E-state index contributed by atoms with van der Waals surface area (Å²) >= 11 is 0. The number of nitrogens with zero attached hydrogens (tertiary/aromatic N) is 1. The molecule has 16 heavy (non-hydrogen) atoms. The van der Waals surface area contributed by atoms with Crippen LogP contribution < -0.4 is 5.32 Å². The maximum absolute atomic E-state index is 10.8. The second-order valence-corrected chi connectivity index (χ2v) is 3.62.